The maximum Gasteiger partial charge on any atom is 0.336 e. The smallest absolute Gasteiger partial charge is 0.336 e. The molecule has 3 unspecified atom stereocenters. The van der Waals surface area contributed by atoms with Crippen LogP contribution in [-0.4, -0.2) is 33.5 Å². The maximum atomic E-state index is 12.0. The summed E-state index contributed by atoms with van der Waals surface area (Å²) < 4.78 is 17.7. The summed E-state index contributed by atoms with van der Waals surface area (Å²) in [7, 11) is 0. The van der Waals surface area contributed by atoms with Gasteiger partial charge in [0, 0.05) is 17.5 Å². The van der Waals surface area contributed by atoms with Crippen LogP contribution in [0.2, 0.25) is 0 Å². The zero-order chi connectivity index (χ0) is 25.6. The molecule has 3 aromatic carbocycles. The Balaban J connectivity index is 1.30. The van der Waals surface area contributed by atoms with Gasteiger partial charge in [0.2, 0.25) is 0 Å². The molecule has 0 saturated carbocycles. The lowest BCUT2D eigenvalue weighted by Crippen LogP contribution is -2.37. The minimum atomic E-state index is -1.11. The molecular weight excluding hydrogens is 472 g/mol. The normalized spacial score (nSPS) is 22.9. The molecule has 4 aromatic rings. The van der Waals surface area contributed by atoms with E-state index in [9.17, 15) is 20.1 Å². The number of hydrogen-bond acceptors (Lipinski definition) is 6. The standard InChI is InChI=1S/C30H28O7/c31-15-27-26(29(33)34)12-20-11-23(4-5-25(20)28(27)19-7-9-35-17-19)36-16-18-2-1-3-21(10-18)30-8-6-24(37-30)13-22(32)14-30/h1-5,7,9-12,17,22,24,31-32H,6,8,13-16H2,(H,33,34). The quantitative estimate of drug-likeness (QED) is 0.312. The average Bonchev–Trinajstić information content (AvgIpc) is 3.54. The van der Waals surface area contributed by atoms with Gasteiger partial charge in [-0.25, -0.2) is 4.79 Å². The van der Waals surface area contributed by atoms with Crippen molar-refractivity contribution in [3.63, 3.8) is 0 Å². The number of benzene rings is 3. The second-order valence-corrected chi connectivity index (χ2v) is 9.99. The van der Waals surface area contributed by atoms with E-state index in [2.05, 4.69) is 12.1 Å². The van der Waals surface area contributed by atoms with Crippen LogP contribution >= 0.6 is 0 Å². The van der Waals surface area contributed by atoms with Crippen LogP contribution in [-0.2, 0) is 23.6 Å². The minimum absolute atomic E-state index is 0.0415. The summed E-state index contributed by atoms with van der Waals surface area (Å²) in [6.45, 7) is -0.0772. The molecule has 37 heavy (non-hydrogen) atoms. The highest BCUT2D eigenvalue weighted by Gasteiger charge is 2.47. The monoisotopic (exact) mass is 500 g/mol. The molecule has 2 saturated heterocycles. The molecular formula is C30H28O7. The molecule has 6 rings (SSSR count). The number of furan rings is 1. The lowest BCUT2D eigenvalue weighted by Gasteiger charge is -2.36. The van der Waals surface area contributed by atoms with Gasteiger partial charge < -0.3 is 29.2 Å². The highest BCUT2D eigenvalue weighted by Crippen LogP contribution is 2.48. The fourth-order valence-electron chi connectivity index (χ4n) is 5.97. The third-order valence-corrected chi connectivity index (χ3v) is 7.64. The fraction of sp³-hybridized carbons (Fsp3) is 0.300. The van der Waals surface area contributed by atoms with Crippen molar-refractivity contribution in [3.05, 3.63) is 89.4 Å². The SMILES string of the molecule is O=C(O)c1cc2cc(OCc3cccc(C45CCC(CC(O)C4)O5)c3)ccc2c(-c2ccoc2)c1CO. The molecule has 2 aliphatic rings. The molecule has 2 bridgehead atoms. The summed E-state index contributed by atoms with van der Waals surface area (Å²) in [6.07, 6.45) is 6.03. The molecule has 3 atom stereocenters. The number of carboxylic acid groups (broad SMARTS) is 1. The molecule has 7 heteroatoms. The van der Waals surface area contributed by atoms with Crippen LogP contribution in [0.5, 0.6) is 5.75 Å². The molecule has 2 aliphatic heterocycles. The highest BCUT2D eigenvalue weighted by atomic mass is 16.5. The first-order valence-electron chi connectivity index (χ1n) is 12.5. The van der Waals surface area contributed by atoms with E-state index in [1.54, 1.807) is 12.1 Å². The number of carboxylic acids is 1. The van der Waals surface area contributed by atoms with Gasteiger partial charge in [0.25, 0.3) is 0 Å². The van der Waals surface area contributed by atoms with E-state index < -0.39 is 18.2 Å². The zero-order valence-electron chi connectivity index (χ0n) is 20.2. The number of ether oxygens (including phenoxy) is 2. The summed E-state index contributed by atoms with van der Waals surface area (Å²) in [6, 6.07) is 17.0. The first-order valence-corrected chi connectivity index (χ1v) is 12.5. The van der Waals surface area contributed by atoms with Crippen molar-refractivity contribution in [2.24, 2.45) is 0 Å². The molecule has 7 nitrogen and oxygen atoms in total. The summed E-state index contributed by atoms with van der Waals surface area (Å²) in [4.78, 5) is 12.0. The van der Waals surface area contributed by atoms with Crippen molar-refractivity contribution in [1.82, 2.24) is 0 Å². The fourth-order valence-corrected chi connectivity index (χ4v) is 5.97. The number of hydrogen-bond donors (Lipinski definition) is 3. The minimum Gasteiger partial charge on any atom is -0.489 e. The number of fused-ring (bicyclic) bond motifs is 3. The van der Waals surface area contributed by atoms with Crippen LogP contribution in [0.1, 0.15) is 52.7 Å². The second-order valence-electron chi connectivity index (χ2n) is 9.99. The lowest BCUT2D eigenvalue weighted by atomic mass is 9.85. The molecule has 0 amide bonds. The largest absolute Gasteiger partial charge is 0.489 e. The maximum absolute atomic E-state index is 12.0. The third-order valence-electron chi connectivity index (χ3n) is 7.64. The first-order chi connectivity index (χ1) is 18.0. The van der Waals surface area contributed by atoms with Gasteiger partial charge in [-0.2, -0.15) is 0 Å². The second kappa shape index (κ2) is 9.34. The highest BCUT2D eigenvalue weighted by molar-refractivity contribution is 6.05. The predicted molar refractivity (Wildman–Crippen MR) is 136 cm³/mol. The molecule has 0 aliphatic carbocycles. The van der Waals surface area contributed by atoms with Crippen LogP contribution in [0.4, 0.5) is 0 Å². The van der Waals surface area contributed by atoms with Gasteiger partial charge in [-0.15, -0.1) is 0 Å². The van der Waals surface area contributed by atoms with Crippen LogP contribution in [0.3, 0.4) is 0 Å². The van der Waals surface area contributed by atoms with Crippen molar-refractivity contribution < 1.29 is 34.0 Å². The number of rotatable bonds is 7. The van der Waals surface area contributed by atoms with Gasteiger partial charge >= 0.3 is 5.97 Å². The Bertz CT molecular complexity index is 1460. The van der Waals surface area contributed by atoms with Crippen molar-refractivity contribution in [2.45, 2.75) is 56.7 Å². The topological polar surface area (TPSA) is 109 Å². The Labute approximate surface area is 213 Å². The Morgan fingerprint density at radius 3 is 2.81 bits per heavy atom. The molecule has 0 radical (unpaired) electrons. The van der Waals surface area contributed by atoms with Gasteiger partial charge in [0.1, 0.15) is 12.4 Å². The molecule has 2 fully saturated rings. The Morgan fingerprint density at radius 1 is 1.14 bits per heavy atom. The van der Waals surface area contributed by atoms with E-state index in [0.717, 1.165) is 29.4 Å². The van der Waals surface area contributed by atoms with Gasteiger partial charge in [0.05, 0.1) is 42.5 Å². The Hall–Kier alpha value is -3.65. The van der Waals surface area contributed by atoms with Crippen molar-refractivity contribution >= 4 is 16.7 Å². The molecule has 1 aromatic heterocycles. The summed E-state index contributed by atoms with van der Waals surface area (Å²) >= 11 is 0. The molecule has 190 valence electrons. The summed E-state index contributed by atoms with van der Waals surface area (Å²) in [5, 5.41) is 31.6. The third kappa shape index (κ3) is 4.29. The first kappa shape index (κ1) is 23.7. The lowest BCUT2D eigenvalue weighted by molar-refractivity contribution is -0.123. The van der Waals surface area contributed by atoms with E-state index in [1.807, 2.05) is 30.3 Å². The number of aliphatic hydroxyl groups is 2. The molecule has 0 spiro atoms. The van der Waals surface area contributed by atoms with Crippen LogP contribution in [0.15, 0.2) is 71.5 Å². The van der Waals surface area contributed by atoms with Crippen molar-refractivity contribution in [3.8, 4) is 16.9 Å². The van der Waals surface area contributed by atoms with Crippen molar-refractivity contribution in [1.29, 1.82) is 0 Å². The summed E-state index contributed by atoms with van der Waals surface area (Å²) in [5.74, 6) is -0.505. The Morgan fingerprint density at radius 2 is 2.03 bits per heavy atom. The predicted octanol–water partition coefficient (Wildman–Crippen LogP) is 5.40. The van der Waals surface area contributed by atoms with Crippen molar-refractivity contribution in [2.75, 3.05) is 0 Å². The number of aliphatic hydroxyl groups excluding tert-OH is 2. The number of aromatic carboxylic acids is 1. The van der Waals surface area contributed by atoms with Crippen LogP contribution in [0.25, 0.3) is 21.9 Å². The van der Waals surface area contributed by atoms with Gasteiger partial charge in [-0.3, -0.25) is 0 Å². The van der Waals surface area contributed by atoms with E-state index in [1.165, 1.54) is 12.5 Å². The molecule has 3 N–H and O–H groups in total. The molecule has 3 heterocycles. The zero-order valence-corrected chi connectivity index (χ0v) is 20.2. The van der Waals surface area contributed by atoms with Gasteiger partial charge in [0.15, 0.2) is 0 Å². The van der Waals surface area contributed by atoms with Crippen LogP contribution in [0, 0.1) is 0 Å². The van der Waals surface area contributed by atoms with E-state index >= 15 is 0 Å². The van der Waals surface area contributed by atoms with E-state index in [-0.39, 0.29) is 17.8 Å². The average molecular weight is 501 g/mol. The summed E-state index contributed by atoms with van der Waals surface area (Å²) in [5.41, 5.74) is 3.35. The van der Waals surface area contributed by atoms with E-state index in [0.29, 0.717) is 47.3 Å². The number of carbonyl (C=O) groups is 1. The van der Waals surface area contributed by atoms with Crippen LogP contribution < -0.4 is 4.74 Å². The Kier molecular flexibility index (Phi) is 5.99. The van der Waals surface area contributed by atoms with E-state index in [4.69, 9.17) is 13.9 Å². The van der Waals surface area contributed by atoms with Gasteiger partial charge in [-0.05, 0) is 77.1 Å². The van der Waals surface area contributed by atoms with Gasteiger partial charge in [-0.1, -0.05) is 24.3 Å².